The highest BCUT2D eigenvalue weighted by Gasteiger charge is 2.23. The number of aliphatic hydroxyl groups is 1. The maximum absolute atomic E-state index is 12.9. The molecule has 2 aromatic rings. The van der Waals surface area contributed by atoms with Crippen LogP contribution in [0.3, 0.4) is 0 Å². The first-order chi connectivity index (χ1) is 13.0. The van der Waals surface area contributed by atoms with Crippen molar-refractivity contribution in [3.8, 4) is 23.0 Å². The van der Waals surface area contributed by atoms with Gasteiger partial charge in [0, 0.05) is 25.7 Å². The van der Waals surface area contributed by atoms with Gasteiger partial charge in [-0.05, 0) is 17.7 Å². The van der Waals surface area contributed by atoms with Crippen molar-refractivity contribution in [2.45, 2.75) is 12.5 Å². The van der Waals surface area contributed by atoms with Crippen LogP contribution in [0.4, 0.5) is 0 Å². The average molecular weight is 376 g/mol. The number of benzene rings is 2. The maximum Gasteiger partial charge on any atom is 0.188 e. The Balaban J connectivity index is 2.29. The van der Waals surface area contributed by atoms with Crippen LogP contribution in [-0.4, -0.2) is 46.1 Å². The van der Waals surface area contributed by atoms with Gasteiger partial charge < -0.3 is 28.8 Å². The first-order valence-corrected chi connectivity index (χ1v) is 8.27. The van der Waals surface area contributed by atoms with E-state index < -0.39 is 6.10 Å². The summed E-state index contributed by atoms with van der Waals surface area (Å²) < 4.78 is 26.1. The highest BCUT2D eigenvalue weighted by Crippen LogP contribution is 2.36. The molecule has 2 rings (SSSR count). The summed E-state index contributed by atoms with van der Waals surface area (Å²) in [6.07, 6.45) is -1.12. The summed E-state index contributed by atoms with van der Waals surface area (Å²) in [4.78, 5) is 12.9. The standard InChI is InChI=1S/C20H24O7/c1-23-12-27-19-10-15(25-3)9-18(26-4)20(19)17(22)11-16(21)13-5-7-14(24-2)8-6-13/h5-10,16,21H,11-12H2,1-4H3/t16-/m0/s1. The molecule has 0 aromatic heterocycles. The lowest BCUT2D eigenvalue weighted by molar-refractivity contribution is 0.0496. The Bertz CT molecular complexity index is 756. The molecular weight excluding hydrogens is 352 g/mol. The Hall–Kier alpha value is -2.77. The second-order valence-electron chi connectivity index (χ2n) is 5.67. The first-order valence-electron chi connectivity index (χ1n) is 8.27. The van der Waals surface area contributed by atoms with Crippen molar-refractivity contribution in [1.29, 1.82) is 0 Å². The molecule has 0 aliphatic rings. The van der Waals surface area contributed by atoms with Crippen LogP contribution in [0.15, 0.2) is 36.4 Å². The number of ether oxygens (including phenoxy) is 5. The third-order valence-electron chi connectivity index (χ3n) is 3.99. The molecule has 0 aliphatic heterocycles. The number of carbonyl (C=O) groups excluding carboxylic acids is 1. The van der Waals surface area contributed by atoms with E-state index in [-0.39, 0.29) is 30.3 Å². The summed E-state index contributed by atoms with van der Waals surface area (Å²) in [5.41, 5.74) is 0.832. The van der Waals surface area contributed by atoms with E-state index in [4.69, 9.17) is 23.7 Å². The van der Waals surface area contributed by atoms with E-state index in [2.05, 4.69) is 0 Å². The van der Waals surface area contributed by atoms with E-state index in [9.17, 15) is 9.90 Å². The first kappa shape index (κ1) is 20.5. The Labute approximate surface area is 158 Å². The molecule has 0 saturated carbocycles. The summed E-state index contributed by atoms with van der Waals surface area (Å²) in [7, 11) is 5.99. The Morgan fingerprint density at radius 1 is 0.926 bits per heavy atom. The van der Waals surface area contributed by atoms with Crippen molar-refractivity contribution in [3.05, 3.63) is 47.5 Å². The SMILES string of the molecule is COCOc1cc(OC)cc(OC)c1C(=O)C[C@H](O)c1ccc(OC)cc1. The number of hydrogen-bond acceptors (Lipinski definition) is 7. The van der Waals surface area contributed by atoms with Gasteiger partial charge in [-0.25, -0.2) is 0 Å². The number of Topliss-reactive ketones (excluding diaryl/α,β-unsaturated/α-hetero) is 1. The van der Waals surface area contributed by atoms with Crippen LogP contribution in [0.25, 0.3) is 0 Å². The molecule has 7 nitrogen and oxygen atoms in total. The van der Waals surface area contributed by atoms with Crippen LogP contribution in [0, 0.1) is 0 Å². The fraction of sp³-hybridized carbons (Fsp3) is 0.350. The monoisotopic (exact) mass is 376 g/mol. The topological polar surface area (TPSA) is 83.5 Å². The third-order valence-corrected chi connectivity index (χ3v) is 3.99. The highest BCUT2D eigenvalue weighted by molar-refractivity contribution is 6.02. The number of ketones is 1. The van der Waals surface area contributed by atoms with E-state index in [1.165, 1.54) is 21.3 Å². The zero-order valence-electron chi connectivity index (χ0n) is 15.9. The predicted octanol–water partition coefficient (Wildman–Crippen LogP) is 3.00. The van der Waals surface area contributed by atoms with Gasteiger partial charge in [-0.3, -0.25) is 4.79 Å². The van der Waals surface area contributed by atoms with Gasteiger partial charge in [0.2, 0.25) is 0 Å². The second kappa shape index (κ2) is 9.80. The van der Waals surface area contributed by atoms with Crippen molar-refractivity contribution in [1.82, 2.24) is 0 Å². The molecule has 0 unspecified atom stereocenters. The zero-order valence-corrected chi connectivity index (χ0v) is 15.9. The number of hydrogen-bond donors (Lipinski definition) is 1. The van der Waals surface area contributed by atoms with Crippen LogP contribution in [-0.2, 0) is 4.74 Å². The number of methoxy groups -OCH3 is 4. The van der Waals surface area contributed by atoms with Gasteiger partial charge in [0.1, 0.15) is 28.6 Å². The van der Waals surface area contributed by atoms with Gasteiger partial charge in [-0.1, -0.05) is 12.1 Å². The van der Waals surface area contributed by atoms with Crippen molar-refractivity contribution >= 4 is 5.78 Å². The Kier molecular flexibility index (Phi) is 7.45. The highest BCUT2D eigenvalue weighted by atomic mass is 16.7. The molecule has 0 saturated heterocycles. The van der Waals surface area contributed by atoms with Crippen molar-refractivity contribution in [2.75, 3.05) is 35.2 Å². The number of carbonyl (C=O) groups is 1. The minimum Gasteiger partial charge on any atom is -0.497 e. The quantitative estimate of drug-likeness (QED) is 0.504. The smallest absolute Gasteiger partial charge is 0.188 e. The summed E-state index contributed by atoms with van der Waals surface area (Å²) >= 11 is 0. The zero-order chi connectivity index (χ0) is 19.8. The fourth-order valence-corrected chi connectivity index (χ4v) is 2.58. The Morgan fingerprint density at radius 3 is 2.11 bits per heavy atom. The molecule has 1 atom stereocenters. The van der Waals surface area contributed by atoms with Gasteiger partial charge in [0.15, 0.2) is 12.6 Å². The van der Waals surface area contributed by atoms with Gasteiger partial charge in [-0.15, -0.1) is 0 Å². The van der Waals surface area contributed by atoms with Gasteiger partial charge in [0.25, 0.3) is 0 Å². The lowest BCUT2D eigenvalue weighted by atomic mass is 9.98. The Morgan fingerprint density at radius 2 is 1.56 bits per heavy atom. The fourth-order valence-electron chi connectivity index (χ4n) is 2.58. The van der Waals surface area contributed by atoms with Crippen LogP contribution >= 0.6 is 0 Å². The number of rotatable bonds is 10. The normalized spacial score (nSPS) is 11.6. The molecule has 0 bridgehead atoms. The predicted molar refractivity (Wildman–Crippen MR) is 99.0 cm³/mol. The van der Waals surface area contributed by atoms with Gasteiger partial charge in [0.05, 0.1) is 27.4 Å². The molecule has 0 fully saturated rings. The van der Waals surface area contributed by atoms with Crippen LogP contribution < -0.4 is 18.9 Å². The van der Waals surface area contributed by atoms with Gasteiger partial charge in [-0.2, -0.15) is 0 Å². The molecule has 27 heavy (non-hydrogen) atoms. The largest absolute Gasteiger partial charge is 0.497 e. The lowest BCUT2D eigenvalue weighted by Gasteiger charge is -2.17. The molecular formula is C20H24O7. The summed E-state index contributed by atoms with van der Waals surface area (Å²) in [6, 6.07) is 10.0. The minimum absolute atomic E-state index is 0.0440. The van der Waals surface area contributed by atoms with Crippen molar-refractivity contribution in [2.24, 2.45) is 0 Å². The van der Waals surface area contributed by atoms with Crippen LogP contribution in [0.5, 0.6) is 23.0 Å². The molecule has 7 heteroatoms. The van der Waals surface area contributed by atoms with E-state index in [0.717, 1.165) is 0 Å². The van der Waals surface area contributed by atoms with Crippen molar-refractivity contribution < 1.29 is 33.6 Å². The third kappa shape index (κ3) is 5.12. The molecule has 1 N–H and O–H groups in total. The molecule has 0 aliphatic carbocycles. The maximum atomic E-state index is 12.9. The molecule has 0 spiro atoms. The van der Waals surface area contributed by atoms with E-state index in [0.29, 0.717) is 22.8 Å². The van der Waals surface area contributed by atoms with Gasteiger partial charge >= 0.3 is 0 Å². The van der Waals surface area contributed by atoms with E-state index in [1.54, 1.807) is 43.5 Å². The minimum atomic E-state index is -0.981. The second-order valence-corrected chi connectivity index (χ2v) is 5.67. The summed E-state index contributed by atoms with van der Waals surface area (Å²) in [5.74, 6) is 1.38. The summed E-state index contributed by atoms with van der Waals surface area (Å²) in [5, 5.41) is 10.5. The number of aliphatic hydroxyl groups excluding tert-OH is 1. The molecule has 0 radical (unpaired) electrons. The van der Waals surface area contributed by atoms with E-state index >= 15 is 0 Å². The lowest BCUT2D eigenvalue weighted by Crippen LogP contribution is -2.12. The van der Waals surface area contributed by atoms with Crippen LogP contribution in [0.1, 0.15) is 28.4 Å². The van der Waals surface area contributed by atoms with Crippen LogP contribution in [0.2, 0.25) is 0 Å². The molecule has 0 heterocycles. The van der Waals surface area contributed by atoms with E-state index in [1.807, 2.05) is 0 Å². The molecule has 146 valence electrons. The molecule has 0 amide bonds. The molecule has 2 aromatic carbocycles. The average Bonchev–Trinajstić information content (AvgIpc) is 2.71. The summed E-state index contributed by atoms with van der Waals surface area (Å²) in [6.45, 7) is -0.0440. The van der Waals surface area contributed by atoms with Crippen molar-refractivity contribution in [3.63, 3.8) is 0 Å².